The standard InChI is InChI=1S/C16H25FN2O3S/c1-6-19(5)15-8-7-13(9-14(15)17)10-18-16(20)12(4)23(21,22)11(2)3/h7-9,11-12H,6,10H2,1-5H3,(H,18,20)/t12-/m1/s1. The van der Waals surface area contributed by atoms with E-state index in [1.807, 2.05) is 6.92 Å². The van der Waals surface area contributed by atoms with Crippen LogP contribution in [-0.2, 0) is 21.2 Å². The van der Waals surface area contributed by atoms with E-state index in [0.717, 1.165) is 0 Å². The minimum Gasteiger partial charge on any atom is -0.373 e. The summed E-state index contributed by atoms with van der Waals surface area (Å²) in [5.41, 5.74) is 1.07. The van der Waals surface area contributed by atoms with E-state index in [-0.39, 0.29) is 12.4 Å². The van der Waals surface area contributed by atoms with Gasteiger partial charge >= 0.3 is 0 Å². The summed E-state index contributed by atoms with van der Waals surface area (Å²) < 4.78 is 37.9. The second-order valence-electron chi connectivity index (χ2n) is 5.80. The Balaban J connectivity index is 2.76. The molecule has 0 bridgehead atoms. The van der Waals surface area contributed by atoms with Crippen LogP contribution in [-0.4, -0.2) is 38.4 Å². The molecule has 0 aromatic heterocycles. The highest BCUT2D eigenvalue weighted by Gasteiger charge is 2.30. The molecule has 0 aliphatic carbocycles. The van der Waals surface area contributed by atoms with Gasteiger partial charge in [-0.2, -0.15) is 0 Å². The molecule has 0 radical (unpaired) electrons. The average molecular weight is 344 g/mol. The molecule has 1 rings (SSSR count). The van der Waals surface area contributed by atoms with Gasteiger partial charge in [-0.15, -0.1) is 0 Å². The van der Waals surface area contributed by atoms with Crippen molar-refractivity contribution in [3.05, 3.63) is 29.6 Å². The summed E-state index contributed by atoms with van der Waals surface area (Å²) in [6.07, 6.45) is 0. The Hall–Kier alpha value is -1.63. The second-order valence-corrected chi connectivity index (χ2v) is 8.63. The fourth-order valence-electron chi connectivity index (χ4n) is 2.03. The van der Waals surface area contributed by atoms with Crippen molar-refractivity contribution >= 4 is 21.4 Å². The molecule has 1 amide bonds. The van der Waals surface area contributed by atoms with Crippen LogP contribution in [0, 0.1) is 5.82 Å². The fraction of sp³-hybridized carbons (Fsp3) is 0.562. The molecule has 0 saturated carbocycles. The minimum atomic E-state index is -3.50. The molecular weight excluding hydrogens is 319 g/mol. The summed E-state index contributed by atoms with van der Waals surface area (Å²) in [4.78, 5) is 13.8. The first-order valence-electron chi connectivity index (χ1n) is 7.61. The highest BCUT2D eigenvalue weighted by molar-refractivity contribution is 7.93. The van der Waals surface area contributed by atoms with Crippen LogP contribution in [0.2, 0.25) is 0 Å². The Labute approximate surface area is 137 Å². The van der Waals surface area contributed by atoms with Crippen molar-refractivity contribution in [2.24, 2.45) is 0 Å². The predicted molar refractivity (Wildman–Crippen MR) is 90.7 cm³/mol. The summed E-state index contributed by atoms with van der Waals surface area (Å²) in [6, 6.07) is 4.71. The van der Waals surface area contributed by atoms with Crippen molar-refractivity contribution in [3.8, 4) is 0 Å². The lowest BCUT2D eigenvalue weighted by Gasteiger charge is -2.18. The first-order chi connectivity index (χ1) is 10.6. The lowest BCUT2D eigenvalue weighted by molar-refractivity contribution is -0.120. The Morgan fingerprint density at radius 2 is 1.91 bits per heavy atom. The van der Waals surface area contributed by atoms with Crippen LogP contribution in [0.15, 0.2) is 18.2 Å². The van der Waals surface area contributed by atoms with Crippen LogP contribution in [0.3, 0.4) is 0 Å². The first-order valence-corrected chi connectivity index (χ1v) is 9.22. The van der Waals surface area contributed by atoms with Gasteiger partial charge in [-0.3, -0.25) is 4.79 Å². The molecule has 0 aliphatic rings. The molecule has 0 saturated heterocycles. The molecular formula is C16H25FN2O3S. The first kappa shape index (κ1) is 19.4. The number of rotatable bonds is 7. The number of nitrogens with one attached hydrogen (secondary N) is 1. The van der Waals surface area contributed by atoms with E-state index >= 15 is 0 Å². The topological polar surface area (TPSA) is 66.5 Å². The number of carbonyl (C=O) groups excluding carboxylic acids is 1. The minimum absolute atomic E-state index is 0.0871. The van der Waals surface area contributed by atoms with Crippen LogP contribution in [0.5, 0.6) is 0 Å². The van der Waals surface area contributed by atoms with Crippen molar-refractivity contribution in [3.63, 3.8) is 0 Å². The number of hydrogen-bond donors (Lipinski definition) is 1. The molecule has 1 aromatic carbocycles. The number of hydrogen-bond acceptors (Lipinski definition) is 4. The number of anilines is 1. The highest BCUT2D eigenvalue weighted by atomic mass is 32.2. The third-order valence-corrected chi connectivity index (χ3v) is 6.40. The van der Waals surface area contributed by atoms with Gasteiger partial charge in [0.15, 0.2) is 9.84 Å². The van der Waals surface area contributed by atoms with Gasteiger partial charge in [-0.05, 0) is 45.4 Å². The molecule has 0 fully saturated rings. The van der Waals surface area contributed by atoms with Crippen LogP contribution < -0.4 is 10.2 Å². The number of carbonyl (C=O) groups is 1. The highest BCUT2D eigenvalue weighted by Crippen LogP contribution is 2.19. The van der Waals surface area contributed by atoms with Crippen molar-refractivity contribution in [2.75, 3.05) is 18.5 Å². The molecule has 5 nitrogen and oxygen atoms in total. The van der Waals surface area contributed by atoms with Crippen LogP contribution in [0.25, 0.3) is 0 Å². The van der Waals surface area contributed by atoms with Gasteiger partial charge in [0.05, 0.1) is 10.9 Å². The summed E-state index contributed by atoms with van der Waals surface area (Å²) >= 11 is 0. The van der Waals surface area contributed by atoms with Crippen molar-refractivity contribution in [1.82, 2.24) is 5.32 Å². The quantitative estimate of drug-likeness (QED) is 0.823. The Morgan fingerprint density at radius 1 is 1.30 bits per heavy atom. The van der Waals surface area contributed by atoms with Crippen LogP contribution >= 0.6 is 0 Å². The van der Waals surface area contributed by atoms with E-state index < -0.39 is 26.2 Å². The summed E-state index contributed by atoms with van der Waals surface area (Å²) in [5, 5.41) is 0.803. The summed E-state index contributed by atoms with van der Waals surface area (Å²) in [5.74, 6) is -0.946. The van der Waals surface area contributed by atoms with E-state index in [1.54, 1.807) is 24.1 Å². The lowest BCUT2D eigenvalue weighted by Crippen LogP contribution is -2.40. The van der Waals surface area contributed by atoms with Gasteiger partial charge in [0, 0.05) is 20.1 Å². The van der Waals surface area contributed by atoms with Crippen LogP contribution in [0.1, 0.15) is 33.3 Å². The van der Waals surface area contributed by atoms with E-state index in [0.29, 0.717) is 17.8 Å². The van der Waals surface area contributed by atoms with E-state index in [9.17, 15) is 17.6 Å². The molecule has 7 heteroatoms. The average Bonchev–Trinajstić information content (AvgIpc) is 2.50. The maximum atomic E-state index is 14.0. The number of halogens is 1. The maximum Gasteiger partial charge on any atom is 0.238 e. The normalized spacial score (nSPS) is 13.0. The molecule has 1 aromatic rings. The Morgan fingerprint density at radius 3 is 2.39 bits per heavy atom. The number of nitrogens with zero attached hydrogens (tertiary/aromatic N) is 1. The Kier molecular flexibility index (Phi) is 6.56. The van der Waals surface area contributed by atoms with Gasteiger partial charge in [0.25, 0.3) is 0 Å². The van der Waals surface area contributed by atoms with Crippen LogP contribution in [0.4, 0.5) is 10.1 Å². The smallest absolute Gasteiger partial charge is 0.238 e. The fourth-order valence-corrected chi connectivity index (χ4v) is 3.23. The monoisotopic (exact) mass is 344 g/mol. The third kappa shape index (κ3) is 4.67. The zero-order chi connectivity index (χ0) is 17.8. The molecule has 0 heterocycles. The van der Waals surface area contributed by atoms with Gasteiger partial charge in [-0.1, -0.05) is 6.07 Å². The predicted octanol–water partition coefficient (Wildman–Crippen LogP) is 2.11. The second kappa shape index (κ2) is 7.77. The van der Waals surface area contributed by atoms with E-state index in [1.165, 1.54) is 26.8 Å². The van der Waals surface area contributed by atoms with Crippen molar-refractivity contribution < 1.29 is 17.6 Å². The molecule has 0 aliphatic heterocycles. The zero-order valence-electron chi connectivity index (χ0n) is 14.3. The largest absolute Gasteiger partial charge is 0.373 e. The molecule has 0 spiro atoms. The SMILES string of the molecule is CCN(C)c1ccc(CNC(=O)[C@@H](C)S(=O)(=O)C(C)C)cc1F. The van der Waals surface area contributed by atoms with Gasteiger partial charge in [0.2, 0.25) is 5.91 Å². The van der Waals surface area contributed by atoms with E-state index in [2.05, 4.69) is 5.32 Å². The molecule has 1 atom stereocenters. The molecule has 130 valence electrons. The van der Waals surface area contributed by atoms with Crippen molar-refractivity contribution in [2.45, 2.75) is 44.7 Å². The Bertz CT molecular complexity index is 659. The summed E-state index contributed by atoms with van der Waals surface area (Å²) in [6.45, 7) is 7.13. The third-order valence-electron chi connectivity index (χ3n) is 3.88. The summed E-state index contributed by atoms with van der Waals surface area (Å²) in [7, 11) is -1.71. The lowest BCUT2D eigenvalue weighted by atomic mass is 10.2. The maximum absolute atomic E-state index is 14.0. The number of sulfone groups is 1. The molecule has 23 heavy (non-hydrogen) atoms. The zero-order valence-corrected chi connectivity index (χ0v) is 15.1. The van der Waals surface area contributed by atoms with Gasteiger partial charge in [-0.25, -0.2) is 12.8 Å². The molecule has 0 unspecified atom stereocenters. The number of benzene rings is 1. The number of amides is 1. The van der Waals surface area contributed by atoms with Crippen molar-refractivity contribution in [1.29, 1.82) is 0 Å². The molecule has 1 N–H and O–H groups in total. The van der Waals surface area contributed by atoms with E-state index in [4.69, 9.17) is 0 Å². The van der Waals surface area contributed by atoms with Gasteiger partial charge < -0.3 is 10.2 Å². The van der Waals surface area contributed by atoms with Gasteiger partial charge in [0.1, 0.15) is 11.1 Å².